The number of ether oxygens (including phenoxy) is 2. The summed E-state index contributed by atoms with van der Waals surface area (Å²) in [5, 5.41) is 0. The topological polar surface area (TPSA) is 60.3 Å². The first-order valence-corrected chi connectivity index (χ1v) is 11.1. The van der Waals surface area contributed by atoms with Crippen LogP contribution >= 0.6 is 0 Å². The lowest BCUT2D eigenvalue weighted by Gasteiger charge is -2.32. The Morgan fingerprint density at radius 2 is 1.61 bits per heavy atom. The molecule has 4 rings (SSSR count). The van der Waals surface area contributed by atoms with Gasteiger partial charge in [0, 0.05) is 5.56 Å². The molecule has 2 aliphatic rings. The Kier molecular flexibility index (Phi) is 5.07. The molecule has 0 radical (unpaired) electrons. The molecular formula is C21H27N2O4S+. The van der Waals surface area contributed by atoms with Crippen molar-refractivity contribution in [2.75, 3.05) is 33.0 Å². The van der Waals surface area contributed by atoms with Crippen LogP contribution in [0.2, 0.25) is 0 Å². The average molecular weight is 404 g/mol. The van der Waals surface area contributed by atoms with Gasteiger partial charge in [-0.3, -0.25) is 0 Å². The Labute approximate surface area is 166 Å². The van der Waals surface area contributed by atoms with E-state index in [-0.39, 0.29) is 6.79 Å². The number of nitrogens with one attached hydrogen (secondary N) is 1. The summed E-state index contributed by atoms with van der Waals surface area (Å²) in [5.74, 6) is 1.58. The number of piperazine rings is 1. The van der Waals surface area contributed by atoms with Gasteiger partial charge in [-0.2, -0.15) is 4.31 Å². The van der Waals surface area contributed by atoms with Gasteiger partial charge in [0.2, 0.25) is 16.8 Å². The highest BCUT2D eigenvalue weighted by Gasteiger charge is 2.31. The fraction of sp³-hybridized carbons (Fsp3) is 0.429. The van der Waals surface area contributed by atoms with Crippen molar-refractivity contribution in [3.63, 3.8) is 0 Å². The summed E-state index contributed by atoms with van der Waals surface area (Å²) in [4.78, 5) is 1.82. The first kappa shape index (κ1) is 19.2. The van der Waals surface area contributed by atoms with Gasteiger partial charge in [-0.1, -0.05) is 6.07 Å². The lowest BCUT2D eigenvalue weighted by molar-refractivity contribution is -0.917. The number of fused-ring (bicyclic) bond motifs is 1. The molecule has 28 heavy (non-hydrogen) atoms. The van der Waals surface area contributed by atoms with Crippen LogP contribution < -0.4 is 14.4 Å². The molecule has 2 aromatic rings. The zero-order valence-corrected chi connectivity index (χ0v) is 17.4. The molecule has 0 atom stereocenters. The number of aryl methyl sites for hydroxylation is 3. The zero-order chi connectivity index (χ0) is 19.9. The normalized spacial score (nSPS) is 17.8. The van der Waals surface area contributed by atoms with Gasteiger partial charge in [-0.25, -0.2) is 8.42 Å². The molecule has 1 saturated heterocycles. The van der Waals surface area contributed by atoms with Crippen molar-refractivity contribution < 1.29 is 22.8 Å². The molecule has 0 spiro atoms. The lowest BCUT2D eigenvalue weighted by atomic mass is 10.1. The number of benzene rings is 2. The summed E-state index contributed by atoms with van der Waals surface area (Å²) in [6.45, 7) is 9.63. The largest absolute Gasteiger partial charge is 0.454 e. The lowest BCUT2D eigenvalue weighted by Crippen LogP contribution is -3.13. The molecule has 150 valence electrons. The highest BCUT2D eigenvalue weighted by molar-refractivity contribution is 7.89. The predicted molar refractivity (Wildman–Crippen MR) is 106 cm³/mol. The monoisotopic (exact) mass is 403 g/mol. The van der Waals surface area contributed by atoms with E-state index in [9.17, 15) is 8.42 Å². The summed E-state index contributed by atoms with van der Waals surface area (Å²) < 4.78 is 38.7. The molecular weight excluding hydrogens is 376 g/mol. The summed E-state index contributed by atoms with van der Waals surface area (Å²) in [6.07, 6.45) is 0. The minimum atomic E-state index is -3.45. The molecule has 1 N–H and O–H groups in total. The Morgan fingerprint density at radius 3 is 2.36 bits per heavy atom. The first-order chi connectivity index (χ1) is 13.3. The third-order valence-electron chi connectivity index (χ3n) is 5.73. The van der Waals surface area contributed by atoms with E-state index in [0.717, 1.165) is 47.8 Å². The van der Waals surface area contributed by atoms with Crippen molar-refractivity contribution in [2.45, 2.75) is 32.2 Å². The molecule has 1 fully saturated rings. The van der Waals surface area contributed by atoms with Gasteiger partial charge in [-0.15, -0.1) is 0 Å². The number of rotatable bonds is 4. The number of sulfonamides is 1. The van der Waals surface area contributed by atoms with Crippen LogP contribution in [0.3, 0.4) is 0 Å². The average Bonchev–Trinajstić information content (AvgIpc) is 3.13. The van der Waals surface area contributed by atoms with Crippen LogP contribution in [-0.4, -0.2) is 45.7 Å². The Hall–Kier alpha value is -2.09. The molecule has 0 unspecified atom stereocenters. The van der Waals surface area contributed by atoms with E-state index >= 15 is 0 Å². The maximum absolute atomic E-state index is 13.2. The van der Waals surface area contributed by atoms with Crippen LogP contribution in [0.25, 0.3) is 0 Å². The molecule has 0 aliphatic carbocycles. The summed E-state index contributed by atoms with van der Waals surface area (Å²) in [6, 6.07) is 9.80. The van der Waals surface area contributed by atoms with E-state index in [2.05, 4.69) is 6.07 Å². The number of quaternary nitrogens is 1. The van der Waals surface area contributed by atoms with Crippen molar-refractivity contribution in [3.05, 3.63) is 52.6 Å². The zero-order valence-electron chi connectivity index (χ0n) is 16.6. The van der Waals surface area contributed by atoms with Gasteiger partial charge in [0.1, 0.15) is 6.54 Å². The van der Waals surface area contributed by atoms with Crippen LogP contribution in [0.1, 0.15) is 22.3 Å². The van der Waals surface area contributed by atoms with Gasteiger partial charge >= 0.3 is 0 Å². The van der Waals surface area contributed by atoms with E-state index in [1.54, 1.807) is 4.31 Å². The smallest absolute Gasteiger partial charge is 0.243 e. The van der Waals surface area contributed by atoms with E-state index in [4.69, 9.17) is 9.47 Å². The third kappa shape index (κ3) is 3.62. The molecule has 0 amide bonds. The van der Waals surface area contributed by atoms with E-state index in [1.165, 1.54) is 10.5 Å². The van der Waals surface area contributed by atoms with Gasteiger partial charge in [0.15, 0.2) is 11.5 Å². The minimum Gasteiger partial charge on any atom is -0.454 e. The fourth-order valence-corrected chi connectivity index (χ4v) is 5.64. The quantitative estimate of drug-likeness (QED) is 0.839. The highest BCUT2D eigenvalue weighted by atomic mass is 32.2. The number of hydrogen-bond donors (Lipinski definition) is 1. The molecule has 2 aliphatic heterocycles. The van der Waals surface area contributed by atoms with Crippen LogP contribution in [0.5, 0.6) is 11.5 Å². The van der Waals surface area contributed by atoms with Gasteiger partial charge in [0.05, 0.1) is 31.1 Å². The fourth-order valence-electron chi connectivity index (χ4n) is 3.91. The summed E-state index contributed by atoms with van der Waals surface area (Å²) in [5.41, 5.74) is 4.13. The van der Waals surface area contributed by atoms with E-state index in [1.807, 2.05) is 45.0 Å². The van der Waals surface area contributed by atoms with Crippen molar-refractivity contribution in [1.29, 1.82) is 0 Å². The van der Waals surface area contributed by atoms with E-state index in [0.29, 0.717) is 18.0 Å². The second-order valence-electron chi connectivity index (χ2n) is 7.72. The minimum absolute atomic E-state index is 0.278. The van der Waals surface area contributed by atoms with Gasteiger partial charge in [-0.05, 0) is 61.7 Å². The van der Waals surface area contributed by atoms with Crippen molar-refractivity contribution in [3.8, 4) is 11.5 Å². The summed E-state index contributed by atoms with van der Waals surface area (Å²) >= 11 is 0. The van der Waals surface area contributed by atoms with Crippen LogP contribution in [0, 0.1) is 20.8 Å². The van der Waals surface area contributed by atoms with Crippen LogP contribution in [0.4, 0.5) is 0 Å². The van der Waals surface area contributed by atoms with E-state index < -0.39 is 10.0 Å². The number of hydrogen-bond acceptors (Lipinski definition) is 4. The molecule has 2 heterocycles. The van der Waals surface area contributed by atoms with Crippen LogP contribution in [0.15, 0.2) is 35.2 Å². The van der Waals surface area contributed by atoms with Crippen molar-refractivity contribution in [1.82, 2.24) is 4.31 Å². The second-order valence-corrected chi connectivity index (χ2v) is 9.63. The molecule has 2 aromatic carbocycles. The van der Waals surface area contributed by atoms with Crippen molar-refractivity contribution >= 4 is 10.0 Å². The molecule has 0 aromatic heterocycles. The maximum atomic E-state index is 13.2. The highest BCUT2D eigenvalue weighted by Crippen LogP contribution is 2.32. The Balaban J connectivity index is 1.43. The Bertz CT molecular complexity index is 996. The van der Waals surface area contributed by atoms with Crippen molar-refractivity contribution in [2.24, 2.45) is 0 Å². The second kappa shape index (κ2) is 7.39. The van der Waals surface area contributed by atoms with Gasteiger partial charge in [0.25, 0.3) is 0 Å². The molecule has 6 nitrogen and oxygen atoms in total. The Morgan fingerprint density at radius 1 is 0.929 bits per heavy atom. The molecule has 7 heteroatoms. The summed E-state index contributed by atoms with van der Waals surface area (Å²) in [7, 11) is -3.45. The third-order valence-corrected chi connectivity index (χ3v) is 7.77. The number of nitrogens with zero attached hydrogens (tertiary/aromatic N) is 1. The first-order valence-electron chi connectivity index (χ1n) is 9.65. The predicted octanol–water partition coefficient (Wildman–Crippen LogP) is 1.43. The standard InChI is InChI=1S/C21H26N2O4S/c1-15-10-17(3)21(11-16(15)2)28(24,25)23-8-6-22(7-9-23)13-18-4-5-19-20(12-18)27-14-26-19/h4-5,10-12H,6-9,13-14H2,1-3H3/p+1. The van der Waals surface area contributed by atoms with Crippen LogP contribution in [-0.2, 0) is 16.6 Å². The molecule has 0 bridgehead atoms. The molecule has 0 saturated carbocycles. The van der Waals surface area contributed by atoms with Gasteiger partial charge < -0.3 is 14.4 Å². The maximum Gasteiger partial charge on any atom is 0.243 e. The SMILES string of the molecule is Cc1cc(C)c(S(=O)(=O)N2CC[NH+](Cc3ccc4c(c3)OCO4)CC2)cc1C.